The van der Waals surface area contributed by atoms with Crippen molar-refractivity contribution >= 4 is 23.1 Å². The summed E-state index contributed by atoms with van der Waals surface area (Å²) in [5.74, 6) is -0.763. The number of rotatable bonds is 10. The molecule has 36 heavy (non-hydrogen) atoms. The summed E-state index contributed by atoms with van der Waals surface area (Å²) in [7, 11) is 0. The van der Waals surface area contributed by atoms with E-state index < -0.39 is 17.7 Å². The van der Waals surface area contributed by atoms with E-state index in [1.807, 2.05) is 31.2 Å². The number of carbonyl (C=O) groups is 2. The highest BCUT2D eigenvalue weighted by Crippen LogP contribution is 2.40. The number of ketones is 1. The standard InChI is InChI=1S/C29H36N2O5/c1-4-17-35-23-15-11-21(12-16-23)27(32)25-26(20-9-13-22(14-10-20)30(5-2)6-3)31(29(34)28(25)33)19-24-8-7-18-36-24/h9-16,24,26,32H,4-8,17-19H2,1-3H3/b27-25-. The highest BCUT2D eigenvalue weighted by atomic mass is 16.5. The van der Waals surface area contributed by atoms with Crippen LogP contribution in [0.15, 0.2) is 54.1 Å². The van der Waals surface area contributed by atoms with Crippen molar-refractivity contribution in [2.45, 2.75) is 52.2 Å². The van der Waals surface area contributed by atoms with Crippen molar-refractivity contribution in [3.63, 3.8) is 0 Å². The van der Waals surface area contributed by atoms with Crippen LogP contribution in [-0.4, -0.2) is 60.6 Å². The first-order valence-electron chi connectivity index (χ1n) is 13.0. The van der Waals surface area contributed by atoms with Gasteiger partial charge >= 0.3 is 0 Å². The van der Waals surface area contributed by atoms with Gasteiger partial charge in [0.05, 0.1) is 24.3 Å². The van der Waals surface area contributed by atoms with Gasteiger partial charge in [0.1, 0.15) is 11.5 Å². The Labute approximate surface area is 213 Å². The summed E-state index contributed by atoms with van der Waals surface area (Å²) in [6, 6.07) is 14.2. The van der Waals surface area contributed by atoms with Crippen LogP contribution in [0.1, 0.15) is 57.2 Å². The average molecular weight is 493 g/mol. The zero-order chi connectivity index (χ0) is 25.7. The quantitative estimate of drug-likeness (QED) is 0.288. The Morgan fingerprint density at radius 3 is 2.33 bits per heavy atom. The molecule has 0 radical (unpaired) electrons. The summed E-state index contributed by atoms with van der Waals surface area (Å²) in [6.07, 6.45) is 2.55. The van der Waals surface area contributed by atoms with E-state index in [0.29, 0.717) is 31.1 Å². The second-order valence-electron chi connectivity index (χ2n) is 9.22. The monoisotopic (exact) mass is 492 g/mol. The first kappa shape index (κ1) is 25.8. The van der Waals surface area contributed by atoms with Crippen LogP contribution in [0, 0.1) is 0 Å². The van der Waals surface area contributed by atoms with E-state index in [1.54, 1.807) is 29.2 Å². The Kier molecular flexibility index (Phi) is 8.31. The van der Waals surface area contributed by atoms with Gasteiger partial charge in [-0.25, -0.2) is 0 Å². The van der Waals surface area contributed by atoms with Gasteiger partial charge in [0.2, 0.25) is 0 Å². The fraction of sp³-hybridized carbons (Fsp3) is 0.448. The van der Waals surface area contributed by atoms with Crippen molar-refractivity contribution in [1.82, 2.24) is 4.90 Å². The van der Waals surface area contributed by atoms with Gasteiger partial charge in [-0.05, 0) is 75.1 Å². The van der Waals surface area contributed by atoms with Crippen LogP contribution in [0.25, 0.3) is 5.76 Å². The van der Waals surface area contributed by atoms with Crippen molar-refractivity contribution < 1.29 is 24.2 Å². The van der Waals surface area contributed by atoms with Crippen molar-refractivity contribution in [1.29, 1.82) is 0 Å². The van der Waals surface area contributed by atoms with Crippen LogP contribution in [0.5, 0.6) is 5.75 Å². The van der Waals surface area contributed by atoms with E-state index >= 15 is 0 Å². The molecule has 0 aromatic heterocycles. The van der Waals surface area contributed by atoms with E-state index in [-0.39, 0.29) is 17.4 Å². The van der Waals surface area contributed by atoms with Gasteiger partial charge < -0.3 is 24.4 Å². The van der Waals surface area contributed by atoms with E-state index in [9.17, 15) is 14.7 Å². The van der Waals surface area contributed by atoms with Crippen LogP contribution in [0.4, 0.5) is 5.69 Å². The van der Waals surface area contributed by atoms with E-state index in [0.717, 1.165) is 43.6 Å². The van der Waals surface area contributed by atoms with Gasteiger partial charge in [-0.1, -0.05) is 19.1 Å². The van der Waals surface area contributed by atoms with Crippen molar-refractivity contribution in [3.05, 3.63) is 65.2 Å². The van der Waals surface area contributed by atoms with Gasteiger partial charge in [-0.3, -0.25) is 9.59 Å². The van der Waals surface area contributed by atoms with Crippen molar-refractivity contribution in [2.24, 2.45) is 0 Å². The third-order valence-corrected chi connectivity index (χ3v) is 6.90. The number of carbonyl (C=O) groups excluding carboxylic acids is 2. The molecular weight excluding hydrogens is 456 g/mol. The number of aliphatic hydroxyl groups is 1. The lowest BCUT2D eigenvalue weighted by atomic mass is 9.95. The summed E-state index contributed by atoms with van der Waals surface area (Å²) < 4.78 is 11.4. The molecule has 2 unspecified atom stereocenters. The zero-order valence-electron chi connectivity index (χ0n) is 21.4. The molecule has 0 bridgehead atoms. The number of Topliss-reactive ketones (excluding diaryl/α,β-unsaturated/α-hetero) is 1. The number of nitrogens with zero attached hydrogens (tertiary/aromatic N) is 2. The molecular formula is C29H36N2O5. The molecule has 2 fully saturated rings. The fourth-order valence-electron chi connectivity index (χ4n) is 4.96. The Bertz CT molecular complexity index is 1080. The molecule has 0 saturated carbocycles. The molecule has 2 heterocycles. The Morgan fingerprint density at radius 2 is 1.75 bits per heavy atom. The highest BCUT2D eigenvalue weighted by molar-refractivity contribution is 6.46. The van der Waals surface area contributed by atoms with Crippen LogP contribution in [-0.2, 0) is 14.3 Å². The molecule has 7 nitrogen and oxygen atoms in total. The lowest BCUT2D eigenvalue weighted by Gasteiger charge is -2.28. The number of likely N-dealkylation sites (tertiary alicyclic amines) is 1. The first-order chi connectivity index (χ1) is 17.5. The number of benzene rings is 2. The van der Waals surface area contributed by atoms with Gasteiger partial charge in [0.25, 0.3) is 11.7 Å². The smallest absolute Gasteiger partial charge is 0.295 e. The molecule has 4 rings (SSSR count). The highest BCUT2D eigenvalue weighted by Gasteiger charge is 2.47. The molecule has 2 aromatic carbocycles. The number of anilines is 1. The van der Waals surface area contributed by atoms with Gasteiger partial charge in [-0.15, -0.1) is 0 Å². The van der Waals surface area contributed by atoms with E-state index in [1.165, 1.54) is 0 Å². The van der Waals surface area contributed by atoms with Gasteiger partial charge in [0, 0.05) is 37.5 Å². The minimum atomic E-state index is -0.684. The third kappa shape index (κ3) is 5.26. The van der Waals surface area contributed by atoms with Crippen LogP contribution in [0.3, 0.4) is 0 Å². The van der Waals surface area contributed by atoms with Crippen molar-refractivity contribution in [2.75, 3.05) is 37.7 Å². The molecule has 1 amide bonds. The summed E-state index contributed by atoms with van der Waals surface area (Å²) in [5.41, 5.74) is 2.43. The maximum absolute atomic E-state index is 13.3. The van der Waals surface area contributed by atoms with Crippen molar-refractivity contribution in [3.8, 4) is 5.75 Å². The number of hydrogen-bond donors (Lipinski definition) is 1. The molecule has 2 atom stereocenters. The minimum Gasteiger partial charge on any atom is -0.507 e. The molecule has 192 valence electrons. The van der Waals surface area contributed by atoms with Gasteiger partial charge in [-0.2, -0.15) is 0 Å². The molecule has 1 N–H and O–H groups in total. The molecule has 2 aliphatic rings. The number of amides is 1. The first-order valence-corrected chi connectivity index (χ1v) is 13.0. The SMILES string of the molecule is CCCOc1ccc(/C(O)=C2/C(=O)C(=O)N(CC3CCCO3)C2c2ccc(N(CC)CC)cc2)cc1. The molecule has 7 heteroatoms. The summed E-state index contributed by atoms with van der Waals surface area (Å²) in [5, 5.41) is 11.3. The predicted molar refractivity (Wildman–Crippen MR) is 140 cm³/mol. The lowest BCUT2D eigenvalue weighted by molar-refractivity contribution is -0.140. The maximum atomic E-state index is 13.3. The minimum absolute atomic E-state index is 0.107. The molecule has 0 spiro atoms. The van der Waals surface area contributed by atoms with Crippen LogP contribution < -0.4 is 9.64 Å². The van der Waals surface area contributed by atoms with E-state index in [2.05, 4.69) is 18.7 Å². The molecule has 2 saturated heterocycles. The number of hydrogen-bond acceptors (Lipinski definition) is 6. The second kappa shape index (κ2) is 11.6. The topological polar surface area (TPSA) is 79.3 Å². The fourth-order valence-corrected chi connectivity index (χ4v) is 4.96. The van der Waals surface area contributed by atoms with Gasteiger partial charge in [0.15, 0.2) is 0 Å². The predicted octanol–water partition coefficient (Wildman–Crippen LogP) is 4.92. The summed E-state index contributed by atoms with van der Waals surface area (Å²) >= 11 is 0. The Balaban J connectivity index is 1.73. The molecule has 2 aromatic rings. The zero-order valence-corrected chi connectivity index (χ0v) is 21.4. The molecule has 0 aliphatic carbocycles. The largest absolute Gasteiger partial charge is 0.507 e. The third-order valence-electron chi connectivity index (χ3n) is 6.90. The number of ether oxygens (including phenoxy) is 2. The van der Waals surface area contributed by atoms with E-state index in [4.69, 9.17) is 9.47 Å². The summed E-state index contributed by atoms with van der Waals surface area (Å²) in [6.45, 7) is 9.57. The summed E-state index contributed by atoms with van der Waals surface area (Å²) in [4.78, 5) is 30.3. The Morgan fingerprint density at radius 1 is 1.06 bits per heavy atom. The van der Waals surface area contributed by atoms with Crippen LogP contribution in [0.2, 0.25) is 0 Å². The second-order valence-corrected chi connectivity index (χ2v) is 9.22. The normalized spacial score (nSPS) is 21.2. The number of aliphatic hydroxyl groups excluding tert-OH is 1. The Hall–Kier alpha value is -3.32. The lowest BCUT2D eigenvalue weighted by Crippen LogP contribution is -2.36. The average Bonchev–Trinajstić information content (AvgIpc) is 3.51. The van der Waals surface area contributed by atoms with Crippen LogP contribution >= 0.6 is 0 Å². The maximum Gasteiger partial charge on any atom is 0.295 e. The molecule has 2 aliphatic heterocycles.